The number of morpholine rings is 1. The zero-order valence-electron chi connectivity index (χ0n) is 9.73. The van der Waals surface area contributed by atoms with E-state index < -0.39 is 41.3 Å². The molecule has 0 aromatic heterocycles. The molecule has 2 fully saturated rings. The summed E-state index contributed by atoms with van der Waals surface area (Å²) in [5, 5.41) is 0. The van der Waals surface area contributed by atoms with Crippen LogP contribution < -0.4 is 10.6 Å². The smallest absolute Gasteiger partial charge is 0.263 e. The van der Waals surface area contributed by atoms with Gasteiger partial charge in [0.05, 0.1) is 5.69 Å². The summed E-state index contributed by atoms with van der Waals surface area (Å²) in [4.78, 5) is 24.8. The highest BCUT2D eigenvalue weighted by Crippen LogP contribution is 2.36. The minimum absolute atomic E-state index is 0.291. The Bertz CT molecular complexity index is 545. The lowest BCUT2D eigenvalue weighted by molar-refractivity contribution is -0.146. The van der Waals surface area contributed by atoms with Crippen LogP contribution in [0.3, 0.4) is 0 Å². The standard InChI is InChI=1S/C12H10F2N2O3/c13-5-3-6(14)10(7(15)4-5)16-11(17)8-1-2-9(19-8)12(16)18/h3-4,8-9H,1-2,15H2. The Kier molecular flexibility index (Phi) is 2.53. The Labute approximate surface area is 106 Å². The summed E-state index contributed by atoms with van der Waals surface area (Å²) >= 11 is 0. The Morgan fingerprint density at radius 1 is 1.16 bits per heavy atom. The molecule has 2 aliphatic rings. The van der Waals surface area contributed by atoms with E-state index in [4.69, 9.17) is 10.5 Å². The van der Waals surface area contributed by atoms with E-state index in [-0.39, 0.29) is 5.69 Å². The molecule has 0 radical (unpaired) electrons. The largest absolute Gasteiger partial charge is 0.397 e. The number of fused-ring (bicyclic) bond motifs is 2. The van der Waals surface area contributed by atoms with Crippen molar-refractivity contribution in [2.24, 2.45) is 0 Å². The lowest BCUT2D eigenvalue weighted by atomic mass is 10.2. The summed E-state index contributed by atoms with van der Waals surface area (Å²) < 4.78 is 32.0. The van der Waals surface area contributed by atoms with Gasteiger partial charge in [0.15, 0.2) is 5.82 Å². The van der Waals surface area contributed by atoms with Crippen LogP contribution >= 0.6 is 0 Å². The number of hydrogen-bond donors (Lipinski definition) is 1. The van der Waals surface area contributed by atoms with Crippen LogP contribution in [-0.2, 0) is 14.3 Å². The van der Waals surface area contributed by atoms with Crippen molar-refractivity contribution in [1.82, 2.24) is 0 Å². The van der Waals surface area contributed by atoms with Gasteiger partial charge in [-0.1, -0.05) is 0 Å². The molecule has 0 aliphatic carbocycles. The summed E-state index contributed by atoms with van der Waals surface area (Å²) in [6.07, 6.45) is -0.693. The van der Waals surface area contributed by atoms with E-state index >= 15 is 0 Å². The summed E-state index contributed by atoms with van der Waals surface area (Å²) in [6, 6.07) is 1.46. The number of nitrogens with two attached hydrogens (primary N) is 1. The van der Waals surface area contributed by atoms with Gasteiger partial charge < -0.3 is 10.5 Å². The number of halogens is 2. The minimum atomic E-state index is -1.04. The van der Waals surface area contributed by atoms with E-state index in [0.29, 0.717) is 23.8 Å². The fourth-order valence-electron chi connectivity index (χ4n) is 2.44. The number of carbonyl (C=O) groups is 2. The van der Waals surface area contributed by atoms with Gasteiger partial charge in [0.2, 0.25) is 0 Å². The van der Waals surface area contributed by atoms with Crippen LogP contribution in [0.4, 0.5) is 20.2 Å². The first-order valence-corrected chi connectivity index (χ1v) is 5.77. The molecule has 2 amide bonds. The highest BCUT2D eigenvalue weighted by Gasteiger charge is 2.48. The van der Waals surface area contributed by atoms with E-state index in [0.717, 1.165) is 6.07 Å². The van der Waals surface area contributed by atoms with E-state index in [2.05, 4.69) is 0 Å². The van der Waals surface area contributed by atoms with Crippen molar-refractivity contribution < 1.29 is 23.1 Å². The molecule has 5 nitrogen and oxygen atoms in total. The summed E-state index contributed by atoms with van der Waals surface area (Å²) in [6.45, 7) is 0. The number of carbonyl (C=O) groups excluding carboxylic acids is 2. The summed E-state index contributed by atoms with van der Waals surface area (Å²) in [5.41, 5.74) is 4.84. The maximum Gasteiger partial charge on any atom is 0.263 e. The fraction of sp³-hybridized carbons (Fsp3) is 0.333. The van der Waals surface area contributed by atoms with Crippen LogP contribution in [0.1, 0.15) is 12.8 Å². The second-order valence-electron chi connectivity index (χ2n) is 4.53. The lowest BCUT2D eigenvalue weighted by Gasteiger charge is -2.30. The molecule has 2 unspecified atom stereocenters. The predicted molar refractivity (Wildman–Crippen MR) is 61.2 cm³/mol. The number of rotatable bonds is 1. The zero-order chi connectivity index (χ0) is 13.7. The molecule has 2 atom stereocenters. The molecule has 1 aromatic rings. The number of imide groups is 1. The first-order chi connectivity index (χ1) is 8.99. The van der Waals surface area contributed by atoms with Crippen molar-refractivity contribution in [3.63, 3.8) is 0 Å². The Morgan fingerprint density at radius 3 is 2.26 bits per heavy atom. The molecule has 0 spiro atoms. The van der Waals surface area contributed by atoms with Gasteiger partial charge in [-0.25, -0.2) is 13.7 Å². The lowest BCUT2D eigenvalue weighted by Crippen LogP contribution is -2.52. The third-order valence-electron chi connectivity index (χ3n) is 3.29. The van der Waals surface area contributed by atoms with Crippen LogP contribution in [0.2, 0.25) is 0 Å². The van der Waals surface area contributed by atoms with Crippen LogP contribution in [0.15, 0.2) is 12.1 Å². The first kappa shape index (κ1) is 12.0. The third-order valence-corrected chi connectivity index (χ3v) is 3.29. The second kappa shape index (κ2) is 3.99. The van der Waals surface area contributed by atoms with Crippen molar-refractivity contribution in [2.45, 2.75) is 25.0 Å². The molecule has 2 N–H and O–H groups in total. The van der Waals surface area contributed by atoms with E-state index in [9.17, 15) is 18.4 Å². The average molecular weight is 268 g/mol. The van der Waals surface area contributed by atoms with Crippen LogP contribution in [0.5, 0.6) is 0 Å². The molecule has 3 rings (SSSR count). The van der Waals surface area contributed by atoms with E-state index in [1.807, 2.05) is 0 Å². The molecule has 1 aromatic carbocycles. The van der Waals surface area contributed by atoms with Gasteiger partial charge in [0.1, 0.15) is 23.7 Å². The molecule has 7 heteroatoms. The van der Waals surface area contributed by atoms with E-state index in [1.165, 1.54) is 0 Å². The first-order valence-electron chi connectivity index (χ1n) is 5.77. The molecular formula is C12H10F2N2O3. The summed E-state index contributed by atoms with van der Waals surface area (Å²) in [5.74, 6) is -3.22. The Hall–Kier alpha value is -2.02. The minimum Gasteiger partial charge on any atom is -0.397 e. The molecule has 19 heavy (non-hydrogen) atoms. The number of anilines is 2. The van der Waals surface area contributed by atoms with E-state index in [1.54, 1.807) is 0 Å². The van der Waals surface area contributed by atoms with Gasteiger partial charge in [-0.15, -0.1) is 0 Å². The Morgan fingerprint density at radius 2 is 1.74 bits per heavy atom. The SMILES string of the molecule is Nc1cc(F)cc(F)c1N1C(=O)C2CCC(O2)C1=O. The molecule has 2 aliphatic heterocycles. The molecule has 2 bridgehead atoms. The van der Waals surface area contributed by atoms with Crippen LogP contribution in [-0.4, -0.2) is 24.0 Å². The fourth-order valence-corrected chi connectivity index (χ4v) is 2.44. The predicted octanol–water partition coefficient (Wildman–Crippen LogP) is 0.968. The quantitative estimate of drug-likeness (QED) is 0.608. The average Bonchev–Trinajstić information content (AvgIpc) is 2.76. The van der Waals surface area contributed by atoms with Gasteiger partial charge in [-0.2, -0.15) is 0 Å². The number of nitrogen functional groups attached to an aromatic ring is 1. The van der Waals surface area contributed by atoms with Crippen molar-refractivity contribution >= 4 is 23.2 Å². The number of ether oxygens (including phenoxy) is 1. The highest BCUT2D eigenvalue weighted by atomic mass is 19.1. The van der Waals surface area contributed by atoms with Crippen molar-refractivity contribution in [2.75, 3.05) is 10.6 Å². The molecular weight excluding hydrogens is 258 g/mol. The van der Waals surface area contributed by atoms with Crippen LogP contribution in [0, 0.1) is 11.6 Å². The van der Waals surface area contributed by atoms with Gasteiger partial charge in [0.25, 0.3) is 11.8 Å². The Balaban J connectivity index is 2.11. The van der Waals surface area contributed by atoms with Crippen molar-refractivity contribution in [1.29, 1.82) is 0 Å². The number of nitrogens with zero attached hydrogens (tertiary/aromatic N) is 1. The normalized spacial score (nSPS) is 26.1. The monoisotopic (exact) mass is 268 g/mol. The number of benzene rings is 1. The van der Waals surface area contributed by atoms with Gasteiger partial charge >= 0.3 is 0 Å². The second-order valence-corrected chi connectivity index (χ2v) is 4.53. The van der Waals surface area contributed by atoms with Crippen molar-refractivity contribution in [3.05, 3.63) is 23.8 Å². The molecule has 2 saturated heterocycles. The maximum absolute atomic E-state index is 13.8. The van der Waals surface area contributed by atoms with Gasteiger partial charge in [0, 0.05) is 6.07 Å². The summed E-state index contributed by atoms with van der Waals surface area (Å²) in [7, 11) is 0. The molecule has 100 valence electrons. The zero-order valence-corrected chi connectivity index (χ0v) is 9.73. The van der Waals surface area contributed by atoms with Gasteiger partial charge in [-0.05, 0) is 18.9 Å². The van der Waals surface area contributed by atoms with Crippen LogP contribution in [0.25, 0.3) is 0 Å². The number of amides is 2. The molecule has 0 saturated carbocycles. The van der Waals surface area contributed by atoms with Gasteiger partial charge in [-0.3, -0.25) is 9.59 Å². The topological polar surface area (TPSA) is 72.6 Å². The highest BCUT2D eigenvalue weighted by molar-refractivity contribution is 6.21. The molecule has 2 heterocycles. The van der Waals surface area contributed by atoms with Crippen molar-refractivity contribution in [3.8, 4) is 0 Å². The third kappa shape index (κ3) is 1.69. The number of hydrogen-bond acceptors (Lipinski definition) is 4. The maximum atomic E-state index is 13.8.